The number of nitrogens with one attached hydrogen (secondary N) is 1. The van der Waals surface area contributed by atoms with Crippen LogP contribution in [0.25, 0.3) is 0 Å². The van der Waals surface area contributed by atoms with Crippen molar-refractivity contribution < 1.29 is 17.6 Å². The Labute approximate surface area is 135 Å². The van der Waals surface area contributed by atoms with Crippen molar-refractivity contribution in [3.63, 3.8) is 0 Å². The first-order valence-electron chi connectivity index (χ1n) is 7.60. The molecule has 1 saturated carbocycles. The minimum absolute atomic E-state index is 0.0130. The molecular formula is C17H19NO4S. The Morgan fingerprint density at radius 1 is 1.26 bits per heavy atom. The molecule has 1 amide bonds. The normalized spacial score (nSPS) is 16.0. The molecule has 5 nitrogen and oxygen atoms in total. The maximum atomic E-state index is 12.9. The van der Waals surface area contributed by atoms with Gasteiger partial charge in [0.15, 0.2) is 9.84 Å². The Hall–Kier alpha value is -2.08. The van der Waals surface area contributed by atoms with Gasteiger partial charge in [-0.05, 0) is 44.0 Å². The van der Waals surface area contributed by atoms with E-state index in [1.807, 2.05) is 6.92 Å². The zero-order valence-corrected chi connectivity index (χ0v) is 13.7. The molecule has 1 aromatic carbocycles. The maximum Gasteiger partial charge on any atom is 0.223 e. The molecule has 0 radical (unpaired) electrons. The van der Waals surface area contributed by atoms with E-state index in [0.29, 0.717) is 5.76 Å². The molecule has 2 aromatic rings. The monoisotopic (exact) mass is 333 g/mol. The third-order valence-electron chi connectivity index (χ3n) is 3.99. The summed E-state index contributed by atoms with van der Waals surface area (Å²) in [5.41, 5.74) is 0.987. The third-order valence-corrected chi connectivity index (χ3v) is 6.07. The zero-order chi connectivity index (χ0) is 16.4. The largest absolute Gasteiger partial charge is 0.468 e. The molecule has 1 N–H and O–H groups in total. The summed E-state index contributed by atoms with van der Waals surface area (Å²) in [4.78, 5) is 12.1. The topological polar surface area (TPSA) is 76.4 Å². The van der Waals surface area contributed by atoms with Crippen molar-refractivity contribution in [1.29, 1.82) is 0 Å². The number of benzene rings is 1. The van der Waals surface area contributed by atoms with E-state index in [9.17, 15) is 13.2 Å². The van der Waals surface area contributed by atoms with E-state index < -0.39 is 15.1 Å². The predicted octanol–water partition coefficient (Wildman–Crippen LogP) is 2.63. The van der Waals surface area contributed by atoms with E-state index in [1.165, 1.54) is 6.26 Å². The number of furan rings is 1. The van der Waals surface area contributed by atoms with Crippen LogP contribution in [0.5, 0.6) is 0 Å². The Kier molecular flexibility index (Phi) is 4.26. The molecule has 0 bridgehead atoms. The lowest BCUT2D eigenvalue weighted by Gasteiger charge is -2.16. The molecule has 1 atom stereocenters. The van der Waals surface area contributed by atoms with Gasteiger partial charge in [0, 0.05) is 12.5 Å². The molecule has 1 heterocycles. The summed E-state index contributed by atoms with van der Waals surface area (Å²) in [6, 6.07) is 9.96. The molecular weight excluding hydrogens is 314 g/mol. The minimum atomic E-state index is -3.65. The first-order chi connectivity index (χ1) is 11.0. The highest BCUT2D eigenvalue weighted by atomic mass is 32.2. The van der Waals surface area contributed by atoms with Gasteiger partial charge in [0.05, 0.1) is 11.2 Å². The molecule has 23 heavy (non-hydrogen) atoms. The van der Waals surface area contributed by atoms with Crippen molar-refractivity contribution in [3.05, 3.63) is 54.0 Å². The average molecular weight is 333 g/mol. The van der Waals surface area contributed by atoms with Crippen molar-refractivity contribution in [2.75, 3.05) is 6.54 Å². The van der Waals surface area contributed by atoms with Gasteiger partial charge in [0.25, 0.3) is 0 Å². The summed E-state index contributed by atoms with van der Waals surface area (Å²) in [5, 5.41) is 1.81. The van der Waals surface area contributed by atoms with Crippen LogP contribution in [0.15, 0.2) is 52.0 Å². The Morgan fingerprint density at radius 2 is 1.96 bits per heavy atom. The van der Waals surface area contributed by atoms with Crippen LogP contribution in [0.2, 0.25) is 0 Å². The smallest absolute Gasteiger partial charge is 0.223 e. The first-order valence-corrected chi connectivity index (χ1v) is 9.15. The van der Waals surface area contributed by atoms with Crippen LogP contribution in [-0.4, -0.2) is 20.9 Å². The fourth-order valence-electron chi connectivity index (χ4n) is 2.41. The number of aryl methyl sites for hydroxylation is 1. The quantitative estimate of drug-likeness (QED) is 0.881. The summed E-state index contributed by atoms with van der Waals surface area (Å²) < 4.78 is 31.2. The van der Waals surface area contributed by atoms with E-state index in [4.69, 9.17) is 4.42 Å². The molecule has 122 valence electrons. The molecule has 1 fully saturated rings. The SMILES string of the molecule is Cc1ccc(S(=O)(=O)[C@@H](CNC(=O)C2CC2)c2ccco2)cc1. The van der Waals surface area contributed by atoms with E-state index in [0.717, 1.165) is 18.4 Å². The van der Waals surface area contributed by atoms with E-state index >= 15 is 0 Å². The Balaban J connectivity index is 1.87. The fraction of sp³-hybridized carbons (Fsp3) is 0.353. The predicted molar refractivity (Wildman–Crippen MR) is 85.5 cm³/mol. The van der Waals surface area contributed by atoms with Gasteiger partial charge < -0.3 is 9.73 Å². The van der Waals surface area contributed by atoms with Gasteiger partial charge in [-0.3, -0.25) is 4.79 Å². The summed E-state index contributed by atoms with van der Waals surface area (Å²) >= 11 is 0. The second-order valence-corrected chi connectivity index (χ2v) is 8.01. The first kappa shape index (κ1) is 15.8. The fourth-order valence-corrected chi connectivity index (χ4v) is 4.00. The highest BCUT2D eigenvalue weighted by Gasteiger charge is 2.34. The maximum absolute atomic E-state index is 12.9. The summed E-state index contributed by atoms with van der Waals surface area (Å²) in [6.45, 7) is 1.91. The molecule has 1 aromatic heterocycles. The lowest BCUT2D eigenvalue weighted by atomic mass is 10.2. The van der Waals surface area contributed by atoms with E-state index in [2.05, 4.69) is 5.32 Å². The zero-order valence-electron chi connectivity index (χ0n) is 12.9. The number of rotatable bonds is 6. The standard InChI is InChI=1S/C17H19NO4S/c1-12-4-8-14(9-5-12)23(20,21)16(15-3-2-10-22-15)11-18-17(19)13-6-7-13/h2-5,8-10,13,16H,6-7,11H2,1H3,(H,18,19)/t16-/m0/s1. The molecule has 3 rings (SSSR count). The van der Waals surface area contributed by atoms with Crippen molar-refractivity contribution in [1.82, 2.24) is 5.32 Å². The Morgan fingerprint density at radius 3 is 2.52 bits per heavy atom. The van der Waals surface area contributed by atoms with Crippen LogP contribution in [-0.2, 0) is 14.6 Å². The third kappa shape index (κ3) is 3.47. The van der Waals surface area contributed by atoms with Gasteiger partial charge in [-0.25, -0.2) is 8.42 Å². The van der Waals surface area contributed by atoms with Gasteiger partial charge in [0.2, 0.25) is 5.91 Å². The van der Waals surface area contributed by atoms with E-state index in [1.54, 1.807) is 36.4 Å². The van der Waals surface area contributed by atoms with Gasteiger partial charge in [-0.2, -0.15) is 0 Å². The molecule has 0 saturated heterocycles. The molecule has 1 aliphatic carbocycles. The number of carbonyl (C=O) groups is 1. The van der Waals surface area contributed by atoms with Crippen molar-refractivity contribution in [3.8, 4) is 0 Å². The summed E-state index contributed by atoms with van der Waals surface area (Å²) in [5.74, 6) is 0.289. The van der Waals surface area contributed by atoms with Gasteiger partial charge in [-0.1, -0.05) is 17.7 Å². The molecule has 0 spiro atoms. The van der Waals surface area contributed by atoms with Gasteiger partial charge in [-0.15, -0.1) is 0 Å². The van der Waals surface area contributed by atoms with Crippen LogP contribution in [0.4, 0.5) is 0 Å². The lowest BCUT2D eigenvalue weighted by Crippen LogP contribution is -2.32. The van der Waals surface area contributed by atoms with Crippen LogP contribution in [0.1, 0.15) is 29.4 Å². The second kappa shape index (κ2) is 6.20. The summed E-state index contributed by atoms with van der Waals surface area (Å²) in [6.07, 6.45) is 3.19. The number of hydrogen-bond acceptors (Lipinski definition) is 4. The molecule has 6 heteroatoms. The molecule has 0 unspecified atom stereocenters. The van der Waals surface area contributed by atoms with E-state index in [-0.39, 0.29) is 23.3 Å². The summed E-state index contributed by atoms with van der Waals surface area (Å²) in [7, 11) is -3.65. The number of hydrogen-bond donors (Lipinski definition) is 1. The van der Waals surface area contributed by atoms with Crippen LogP contribution in [0.3, 0.4) is 0 Å². The van der Waals surface area contributed by atoms with Gasteiger partial charge >= 0.3 is 0 Å². The number of sulfone groups is 1. The molecule has 0 aliphatic heterocycles. The molecule has 1 aliphatic rings. The van der Waals surface area contributed by atoms with Crippen LogP contribution in [0, 0.1) is 12.8 Å². The van der Waals surface area contributed by atoms with Crippen molar-refractivity contribution >= 4 is 15.7 Å². The average Bonchev–Trinajstić information content (AvgIpc) is 3.24. The van der Waals surface area contributed by atoms with Crippen LogP contribution >= 0.6 is 0 Å². The number of amides is 1. The highest BCUT2D eigenvalue weighted by Crippen LogP contribution is 2.31. The minimum Gasteiger partial charge on any atom is -0.468 e. The highest BCUT2D eigenvalue weighted by molar-refractivity contribution is 7.91. The van der Waals surface area contributed by atoms with Crippen molar-refractivity contribution in [2.24, 2.45) is 5.92 Å². The lowest BCUT2D eigenvalue weighted by molar-refractivity contribution is -0.122. The number of carbonyl (C=O) groups excluding carboxylic acids is 1. The Bertz CT molecular complexity index is 775. The van der Waals surface area contributed by atoms with Gasteiger partial charge in [0.1, 0.15) is 11.0 Å². The van der Waals surface area contributed by atoms with Crippen LogP contribution < -0.4 is 5.32 Å². The van der Waals surface area contributed by atoms with Crippen molar-refractivity contribution in [2.45, 2.75) is 29.9 Å². The second-order valence-electron chi connectivity index (χ2n) is 5.88.